The van der Waals surface area contributed by atoms with Gasteiger partial charge in [-0.05, 0) is 37.0 Å². The normalized spacial score (nSPS) is 20.0. The van der Waals surface area contributed by atoms with Crippen molar-refractivity contribution < 1.29 is 19.2 Å². The molecule has 2 aromatic rings. The molecule has 0 aromatic heterocycles. The summed E-state index contributed by atoms with van der Waals surface area (Å²) in [5.74, 6) is -0.192. The molecule has 1 amide bonds. The molecule has 1 unspecified atom stereocenters. The van der Waals surface area contributed by atoms with Gasteiger partial charge in [0.2, 0.25) is 5.91 Å². The number of Topliss-reactive ketones (excluding diaryl/α,β-unsaturated/α-hetero) is 1. The molecular formula is C25H25ClN2O5. The Morgan fingerprint density at radius 3 is 2.61 bits per heavy atom. The number of carbonyl (C=O) groups is 2. The Morgan fingerprint density at radius 2 is 1.91 bits per heavy atom. The number of allylic oxidation sites excluding steroid dienone is 2. The van der Waals surface area contributed by atoms with Gasteiger partial charge in [0.1, 0.15) is 11.4 Å². The van der Waals surface area contributed by atoms with Crippen molar-refractivity contribution in [2.75, 3.05) is 11.5 Å². The largest absolute Gasteiger partial charge is 0.494 e. The summed E-state index contributed by atoms with van der Waals surface area (Å²) in [4.78, 5) is 39.6. The third-order valence-corrected chi connectivity index (χ3v) is 6.35. The highest BCUT2D eigenvalue weighted by molar-refractivity contribution is 6.31. The third kappa shape index (κ3) is 4.25. The molecule has 8 heteroatoms. The van der Waals surface area contributed by atoms with E-state index in [1.807, 2.05) is 45.0 Å². The number of nitro groups is 1. The zero-order chi connectivity index (χ0) is 23.9. The van der Waals surface area contributed by atoms with E-state index in [-0.39, 0.29) is 34.5 Å². The summed E-state index contributed by atoms with van der Waals surface area (Å²) in [6.07, 6.45) is 0.783. The Balaban J connectivity index is 1.95. The van der Waals surface area contributed by atoms with E-state index in [0.29, 0.717) is 36.5 Å². The van der Waals surface area contributed by atoms with Crippen molar-refractivity contribution in [3.8, 4) is 5.75 Å². The standard InChI is InChI=1S/C25H25ClN2O5/c1-4-33-22-8-6-5-7-16(22)17-12-23(30)27(18-10-9-15(26)11-19(18)28(31)32)20-13-25(2,3)14-21(29)24(17)20/h5-11,17H,4,12-14H2,1-3H3. The number of ketones is 1. The second-order valence-electron chi connectivity index (χ2n) is 9.15. The zero-order valence-corrected chi connectivity index (χ0v) is 19.5. The lowest BCUT2D eigenvalue weighted by atomic mass is 9.69. The summed E-state index contributed by atoms with van der Waals surface area (Å²) in [6.45, 7) is 6.26. The van der Waals surface area contributed by atoms with E-state index < -0.39 is 16.3 Å². The first kappa shape index (κ1) is 23.0. The van der Waals surface area contributed by atoms with Gasteiger partial charge in [-0.25, -0.2) is 0 Å². The second-order valence-corrected chi connectivity index (χ2v) is 9.58. The number of carbonyl (C=O) groups excluding carboxylic acids is 2. The summed E-state index contributed by atoms with van der Waals surface area (Å²) in [6, 6.07) is 11.6. The summed E-state index contributed by atoms with van der Waals surface area (Å²) in [5, 5.41) is 12.0. The minimum absolute atomic E-state index is 0.00880. The number of ether oxygens (including phenoxy) is 1. The Labute approximate surface area is 197 Å². The molecule has 0 bridgehead atoms. The molecule has 0 saturated heterocycles. The number of anilines is 1. The molecule has 4 rings (SSSR count). The summed E-state index contributed by atoms with van der Waals surface area (Å²) in [5.41, 5.74) is 1.30. The molecule has 0 saturated carbocycles. The van der Waals surface area contributed by atoms with Crippen molar-refractivity contribution in [3.05, 3.63) is 74.4 Å². The van der Waals surface area contributed by atoms with Crippen LogP contribution in [0.1, 0.15) is 51.5 Å². The van der Waals surface area contributed by atoms with Crippen molar-refractivity contribution in [2.24, 2.45) is 5.41 Å². The number of nitro benzene ring substituents is 1. The van der Waals surface area contributed by atoms with Crippen molar-refractivity contribution in [3.63, 3.8) is 0 Å². The van der Waals surface area contributed by atoms with Crippen LogP contribution >= 0.6 is 11.6 Å². The lowest BCUT2D eigenvalue weighted by Crippen LogP contribution is -2.44. The van der Waals surface area contributed by atoms with Crippen LogP contribution in [-0.2, 0) is 9.59 Å². The molecule has 1 heterocycles. The fourth-order valence-corrected chi connectivity index (χ4v) is 5.01. The number of hydrogen-bond acceptors (Lipinski definition) is 5. The van der Waals surface area contributed by atoms with Crippen LogP contribution in [0.4, 0.5) is 11.4 Å². The topological polar surface area (TPSA) is 89.8 Å². The number of nitrogens with zero attached hydrogens (tertiary/aromatic N) is 2. The second kappa shape index (κ2) is 8.63. The quantitative estimate of drug-likeness (QED) is 0.408. The molecule has 0 N–H and O–H groups in total. The molecule has 33 heavy (non-hydrogen) atoms. The zero-order valence-electron chi connectivity index (χ0n) is 18.8. The number of hydrogen-bond donors (Lipinski definition) is 0. The van der Waals surface area contributed by atoms with Crippen LogP contribution in [0.5, 0.6) is 5.75 Å². The first-order valence-corrected chi connectivity index (χ1v) is 11.3. The molecule has 2 aromatic carbocycles. The van der Waals surface area contributed by atoms with Crippen LogP contribution in [0, 0.1) is 15.5 Å². The van der Waals surface area contributed by atoms with Crippen molar-refractivity contribution in [1.29, 1.82) is 0 Å². The van der Waals surface area contributed by atoms with Crippen molar-refractivity contribution in [2.45, 2.75) is 46.0 Å². The first-order chi connectivity index (χ1) is 15.6. The van der Waals surface area contributed by atoms with E-state index in [1.54, 1.807) is 0 Å². The number of para-hydroxylation sites is 1. The molecular weight excluding hydrogens is 444 g/mol. The predicted molar refractivity (Wildman–Crippen MR) is 126 cm³/mol. The lowest BCUT2D eigenvalue weighted by molar-refractivity contribution is -0.384. The van der Waals surface area contributed by atoms with Gasteiger partial charge in [0.05, 0.1) is 11.5 Å². The highest BCUT2D eigenvalue weighted by Gasteiger charge is 2.46. The Hall–Kier alpha value is -3.19. The van der Waals surface area contributed by atoms with Gasteiger partial charge in [-0.15, -0.1) is 0 Å². The van der Waals surface area contributed by atoms with Gasteiger partial charge in [0.25, 0.3) is 5.69 Å². The average Bonchev–Trinajstić information content (AvgIpc) is 2.73. The highest BCUT2D eigenvalue weighted by atomic mass is 35.5. The first-order valence-electron chi connectivity index (χ1n) is 10.9. The van der Waals surface area contributed by atoms with Crippen LogP contribution in [0.3, 0.4) is 0 Å². The summed E-state index contributed by atoms with van der Waals surface area (Å²) in [7, 11) is 0. The minimum atomic E-state index is -0.555. The van der Waals surface area contributed by atoms with Crippen molar-refractivity contribution >= 4 is 34.7 Å². The predicted octanol–water partition coefficient (Wildman–Crippen LogP) is 5.81. The van der Waals surface area contributed by atoms with Gasteiger partial charge in [0, 0.05) is 46.7 Å². The number of benzene rings is 2. The molecule has 172 valence electrons. The molecule has 0 fully saturated rings. The van der Waals surface area contributed by atoms with Crippen molar-refractivity contribution in [1.82, 2.24) is 0 Å². The molecule has 1 atom stereocenters. The number of rotatable bonds is 5. The van der Waals surface area contributed by atoms with Gasteiger partial charge in [-0.1, -0.05) is 43.6 Å². The molecule has 0 radical (unpaired) electrons. The molecule has 7 nitrogen and oxygen atoms in total. The SMILES string of the molecule is CCOc1ccccc1C1CC(=O)N(c2ccc(Cl)cc2[N+](=O)[O-])C2=C1C(=O)CC(C)(C)C2. The monoisotopic (exact) mass is 468 g/mol. The van der Waals surface area contributed by atoms with Gasteiger partial charge >= 0.3 is 0 Å². The maximum Gasteiger partial charge on any atom is 0.294 e. The van der Waals surface area contributed by atoms with Gasteiger partial charge < -0.3 is 4.74 Å². The van der Waals surface area contributed by atoms with Crippen LogP contribution < -0.4 is 9.64 Å². The van der Waals surface area contributed by atoms with Crippen LogP contribution in [-0.4, -0.2) is 23.2 Å². The molecule has 1 aliphatic heterocycles. The average molecular weight is 469 g/mol. The Kier molecular flexibility index (Phi) is 6.01. The van der Waals surface area contributed by atoms with Gasteiger partial charge in [-0.3, -0.25) is 24.6 Å². The smallest absolute Gasteiger partial charge is 0.294 e. The minimum Gasteiger partial charge on any atom is -0.494 e. The van der Waals surface area contributed by atoms with Crippen LogP contribution in [0.2, 0.25) is 5.02 Å². The third-order valence-electron chi connectivity index (χ3n) is 6.11. The Bertz CT molecular complexity index is 1190. The molecule has 1 aliphatic carbocycles. The van der Waals surface area contributed by atoms with E-state index in [4.69, 9.17) is 16.3 Å². The lowest BCUT2D eigenvalue weighted by Gasteiger charge is -2.42. The molecule has 0 spiro atoms. The number of halogens is 1. The molecule has 2 aliphatic rings. The highest BCUT2D eigenvalue weighted by Crippen LogP contribution is 2.50. The van der Waals surface area contributed by atoms with E-state index in [9.17, 15) is 19.7 Å². The van der Waals surface area contributed by atoms with E-state index in [1.165, 1.54) is 23.1 Å². The van der Waals surface area contributed by atoms with E-state index in [2.05, 4.69) is 0 Å². The van der Waals surface area contributed by atoms with Gasteiger partial charge in [-0.2, -0.15) is 0 Å². The fourth-order valence-electron chi connectivity index (χ4n) is 4.85. The van der Waals surface area contributed by atoms with E-state index in [0.717, 1.165) is 5.56 Å². The van der Waals surface area contributed by atoms with Crippen LogP contribution in [0.15, 0.2) is 53.7 Å². The maximum atomic E-state index is 13.6. The van der Waals surface area contributed by atoms with Gasteiger partial charge in [0.15, 0.2) is 5.78 Å². The maximum absolute atomic E-state index is 13.6. The fraction of sp³-hybridized carbons (Fsp3) is 0.360. The number of amides is 1. The van der Waals surface area contributed by atoms with Crippen LogP contribution in [0.25, 0.3) is 0 Å². The summed E-state index contributed by atoms with van der Waals surface area (Å²) >= 11 is 6.00. The Morgan fingerprint density at radius 1 is 1.18 bits per heavy atom. The summed E-state index contributed by atoms with van der Waals surface area (Å²) < 4.78 is 5.79. The van der Waals surface area contributed by atoms with E-state index >= 15 is 0 Å².